The number of ether oxygens (including phenoxy) is 1. The monoisotopic (exact) mass is 389 g/mol. The summed E-state index contributed by atoms with van der Waals surface area (Å²) in [5.41, 5.74) is -1.11. The highest BCUT2D eigenvalue weighted by Gasteiger charge is 2.45. The van der Waals surface area contributed by atoms with Crippen molar-refractivity contribution in [2.75, 3.05) is 13.1 Å². The fourth-order valence-electron chi connectivity index (χ4n) is 3.64. The first-order valence-corrected chi connectivity index (χ1v) is 9.32. The van der Waals surface area contributed by atoms with E-state index in [0.717, 1.165) is 0 Å². The van der Waals surface area contributed by atoms with Gasteiger partial charge >= 0.3 is 6.09 Å². The fourth-order valence-corrected chi connectivity index (χ4v) is 3.64. The van der Waals surface area contributed by atoms with Crippen molar-refractivity contribution in [3.05, 3.63) is 71.3 Å². The van der Waals surface area contributed by atoms with Gasteiger partial charge in [0.15, 0.2) is 0 Å². The Hall–Kier alpha value is -2.47. The van der Waals surface area contributed by atoms with Crippen LogP contribution in [0, 0.1) is 17.6 Å². The summed E-state index contributed by atoms with van der Waals surface area (Å²) < 4.78 is 32.3. The van der Waals surface area contributed by atoms with Gasteiger partial charge in [0, 0.05) is 19.0 Å². The van der Waals surface area contributed by atoms with Gasteiger partial charge in [-0.2, -0.15) is 0 Å². The number of nitrogens with zero attached hydrogens (tertiary/aromatic N) is 1. The van der Waals surface area contributed by atoms with Crippen molar-refractivity contribution in [1.82, 2.24) is 4.90 Å². The van der Waals surface area contributed by atoms with E-state index in [1.807, 2.05) is 0 Å². The summed E-state index contributed by atoms with van der Waals surface area (Å²) in [6.07, 6.45) is 0.0976. The Morgan fingerprint density at radius 3 is 1.89 bits per heavy atom. The van der Waals surface area contributed by atoms with E-state index >= 15 is 0 Å². The van der Waals surface area contributed by atoms with Gasteiger partial charge < -0.3 is 14.7 Å². The molecule has 0 radical (unpaired) electrons. The minimum absolute atomic E-state index is 0.278. The Morgan fingerprint density at radius 2 is 1.46 bits per heavy atom. The molecule has 0 spiro atoms. The van der Waals surface area contributed by atoms with Crippen LogP contribution < -0.4 is 0 Å². The number of benzene rings is 2. The molecule has 0 aromatic heterocycles. The van der Waals surface area contributed by atoms with Crippen molar-refractivity contribution in [2.24, 2.45) is 5.92 Å². The van der Waals surface area contributed by atoms with Crippen LogP contribution in [-0.4, -0.2) is 34.8 Å². The quantitative estimate of drug-likeness (QED) is 0.843. The first-order chi connectivity index (χ1) is 13.1. The second-order valence-electron chi connectivity index (χ2n) is 8.19. The number of rotatable bonds is 3. The summed E-state index contributed by atoms with van der Waals surface area (Å²) in [7, 11) is 0. The Morgan fingerprint density at radius 1 is 1.00 bits per heavy atom. The van der Waals surface area contributed by atoms with Crippen molar-refractivity contribution in [3.8, 4) is 0 Å². The summed E-state index contributed by atoms with van der Waals surface area (Å²) in [5.74, 6) is -1.17. The highest BCUT2D eigenvalue weighted by Crippen LogP contribution is 2.41. The SMILES string of the molecule is CC(C)(C)OC(=O)N1CCC(C(O)(c2ccc(F)cc2)c2ccc(F)cc2)C1. The van der Waals surface area contributed by atoms with Crippen molar-refractivity contribution in [3.63, 3.8) is 0 Å². The Labute approximate surface area is 163 Å². The summed E-state index contributed by atoms with van der Waals surface area (Å²) in [6, 6.07) is 11.2. The molecule has 28 heavy (non-hydrogen) atoms. The molecule has 1 amide bonds. The van der Waals surface area contributed by atoms with Crippen LogP contribution >= 0.6 is 0 Å². The van der Waals surface area contributed by atoms with Gasteiger partial charge in [0.2, 0.25) is 0 Å². The van der Waals surface area contributed by atoms with Gasteiger partial charge in [-0.3, -0.25) is 0 Å². The lowest BCUT2D eigenvalue weighted by atomic mass is 9.75. The van der Waals surface area contributed by atoms with Crippen LogP contribution in [0.25, 0.3) is 0 Å². The molecular formula is C22H25F2NO3. The number of carbonyl (C=O) groups excluding carboxylic acids is 1. The van der Waals surface area contributed by atoms with E-state index in [4.69, 9.17) is 4.74 Å². The zero-order chi connectivity index (χ0) is 20.5. The molecule has 1 unspecified atom stereocenters. The van der Waals surface area contributed by atoms with E-state index in [1.165, 1.54) is 48.5 Å². The number of likely N-dealkylation sites (tertiary alicyclic amines) is 1. The smallest absolute Gasteiger partial charge is 0.410 e. The predicted octanol–water partition coefficient (Wildman–Crippen LogP) is 4.46. The molecule has 2 aromatic rings. The molecule has 0 bridgehead atoms. The second kappa shape index (κ2) is 7.51. The summed E-state index contributed by atoms with van der Waals surface area (Å²) in [5, 5.41) is 11.7. The van der Waals surface area contributed by atoms with E-state index in [0.29, 0.717) is 24.1 Å². The third-order valence-electron chi connectivity index (χ3n) is 5.00. The number of halogens is 2. The topological polar surface area (TPSA) is 49.8 Å². The number of hydrogen-bond acceptors (Lipinski definition) is 3. The normalized spacial score (nSPS) is 17.6. The Bertz CT molecular complexity index is 783. The molecule has 1 fully saturated rings. The molecule has 4 nitrogen and oxygen atoms in total. The molecule has 1 aliphatic heterocycles. The molecular weight excluding hydrogens is 364 g/mol. The molecule has 1 heterocycles. The molecule has 1 N–H and O–H groups in total. The second-order valence-corrected chi connectivity index (χ2v) is 8.19. The number of aliphatic hydroxyl groups is 1. The molecule has 2 aromatic carbocycles. The third kappa shape index (κ3) is 4.17. The van der Waals surface area contributed by atoms with Gasteiger partial charge in [0.1, 0.15) is 22.8 Å². The van der Waals surface area contributed by atoms with Crippen LogP contribution in [0.4, 0.5) is 13.6 Å². The first-order valence-electron chi connectivity index (χ1n) is 9.32. The van der Waals surface area contributed by atoms with Gasteiger partial charge in [0.25, 0.3) is 0 Å². The zero-order valence-corrected chi connectivity index (χ0v) is 16.3. The van der Waals surface area contributed by atoms with Crippen LogP contribution in [0.5, 0.6) is 0 Å². The average molecular weight is 389 g/mol. The van der Waals surface area contributed by atoms with Gasteiger partial charge in [-0.25, -0.2) is 13.6 Å². The minimum atomic E-state index is -1.49. The Kier molecular flexibility index (Phi) is 5.44. The third-order valence-corrected chi connectivity index (χ3v) is 5.00. The molecule has 6 heteroatoms. The van der Waals surface area contributed by atoms with Crippen LogP contribution in [0.1, 0.15) is 38.3 Å². The van der Waals surface area contributed by atoms with E-state index in [-0.39, 0.29) is 12.5 Å². The fraction of sp³-hybridized carbons (Fsp3) is 0.409. The van der Waals surface area contributed by atoms with E-state index < -0.39 is 28.9 Å². The van der Waals surface area contributed by atoms with Crippen LogP contribution in [0.2, 0.25) is 0 Å². The van der Waals surface area contributed by atoms with Crippen molar-refractivity contribution >= 4 is 6.09 Å². The van der Waals surface area contributed by atoms with E-state index in [2.05, 4.69) is 0 Å². The average Bonchev–Trinajstić information content (AvgIpc) is 3.12. The number of hydrogen-bond donors (Lipinski definition) is 1. The standard InChI is InChI=1S/C22H25F2NO3/c1-21(2,3)28-20(26)25-13-12-17(14-25)22(27,15-4-8-18(23)9-5-15)16-6-10-19(24)11-7-16/h4-11,17,27H,12-14H2,1-3H3. The minimum Gasteiger partial charge on any atom is -0.444 e. The van der Waals surface area contributed by atoms with Crippen LogP contribution in [-0.2, 0) is 10.3 Å². The predicted molar refractivity (Wildman–Crippen MR) is 102 cm³/mol. The molecule has 0 aliphatic carbocycles. The Balaban J connectivity index is 1.93. The van der Waals surface area contributed by atoms with Gasteiger partial charge in [-0.05, 0) is 62.6 Å². The van der Waals surface area contributed by atoms with Gasteiger partial charge in [-0.1, -0.05) is 24.3 Å². The molecule has 1 saturated heterocycles. The summed E-state index contributed by atoms with van der Waals surface area (Å²) in [6.45, 7) is 6.11. The number of carbonyl (C=O) groups is 1. The molecule has 3 rings (SSSR count). The zero-order valence-electron chi connectivity index (χ0n) is 16.3. The van der Waals surface area contributed by atoms with Crippen LogP contribution in [0.15, 0.2) is 48.5 Å². The highest BCUT2D eigenvalue weighted by atomic mass is 19.1. The summed E-state index contributed by atoms with van der Waals surface area (Å²) >= 11 is 0. The van der Waals surface area contributed by atoms with E-state index in [1.54, 1.807) is 25.7 Å². The van der Waals surface area contributed by atoms with Gasteiger partial charge in [-0.15, -0.1) is 0 Å². The largest absolute Gasteiger partial charge is 0.444 e. The lowest BCUT2D eigenvalue weighted by molar-refractivity contribution is 0.0104. The lowest BCUT2D eigenvalue weighted by Gasteiger charge is -2.35. The first kappa shape index (κ1) is 20.3. The lowest BCUT2D eigenvalue weighted by Crippen LogP contribution is -2.40. The number of amides is 1. The van der Waals surface area contributed by atoms with Crippen molar-refractivity contribution < 1.29 is 23.4 Å². The van der Waals surface area contributed by atoms with Crippen molar-refractivity contribution in [1.29, 1.82) is 0 Å². The van der Waals surface area contributed by atoms with E-state index in [9.17, 15) is 18.7 Å². The maximum absolute atomic E-state index is 13.4. The maximum Gasteiger partial charge on any atom is 0.410 e. The van der Waals surface area contributed by atoms with Crippen molar-refractivity contribution in [2.45, 2.75) is 38.4 Å². The molecule has 0 saturated carbocycles. The van der Waals surface area contributed by atoms with Gasteiger partial charge in [0.05, 0.1) is 0 Å². The van der Waals surface area contributed by atoms with Crippen LogP contribution in [0.3, 0.4) is 0 Å². The summed E-state index contributed by atoms with van der Waals surface area (Å²) in [4.78, 5) is 14.0. The maximum atomic E-state index is 13.4. The highest BCUT2D eigenvalue weighted by molar-refractivity contribution is 5.68. The molecule has 150 valence electrons. The molecule has 1 aliphatic rings. The molecule has 1 atom stereocenters.